The SMILES string of the molecule is CNC(=O)c1ccc(NC(=O)[C@@H](C)SCc2ccc(Br)cc2)cc1. The number of thioether (sulfide) groups is 1. The Balaban J connectivity index is 1.86. The third-order valence-electron chi connectivity index (χ3n) is 3.42. The molecule has 2 N–H and O–H groups in total. The maximum atomic E-state index is 12.2. The van der Waals surface area contributed by atoms with E-state index in [0.717, 1.165) is 10.2 Å². The highest BCUT2D eigenvalue weighted by Crippen LogP contribution is 2.21. The van der Waals surface area contributed by atoms with Crippen LogP contribution in [-0.4, -0.2) is 24.1 Å². The molecule has 1 atom stereocenters. The lowest BCUT2D eigenvalue weighted by Crippen LogP contribution is -2.22. The van der Waals surface area contributed by atoms with E-state index in [4.69, 9.17) is 0 Å². The fourth-order valence-corrected chi connectivity index (χ4v) is 3.08. The van der Waals surface area contributed by atoms with E-state index in [0.29, 0.717) is 11.3 Å². The van der Waals surface area contributed by atoms with Crippen LogP contribution < -0.4 is 10.6 Å². The van der Waals surface area contributed by atoms with Gasteiger partial charge in [0.05, 0.1) is 5.25 Å². The van der Waals surface area contributed by atoms with Crippen LogP contribution in [0.3, 0.4) is 0 Å². The molecular weight excluding hydrogens is 388 g/mol. The molecule has 0 aliphatic carbocycles. The summed E-state index contributed by atoms with van der Waals surface area (Å²) in [5.41, 5.74) is 2.43. The monoisotopic (exact) mass is 406 g/mol. The maximum absolute atomic E-state index is 12.2. The van der Waals surface area contributed by atoms with Crippen LogP contribution in [0.2, 0.25) is 0 Å². The van der Waals surface area contributed by atoms with Crippen molar-refractivity contribution in [2.45, 2.75) is 17.9 Å². The molecule has 126 valence electrons. The van der Waals surface area contributed by atoms with E-state index in [-0.39, 0.29) is 17.1 Å². The maximum Gasteiger partial charge on any atom is 0.251 e. The van der Waals surface area contributed by atoms with Crippen molar-refractivity contribution >= 4 is 45.2 Å². The molecule has 24 heavy (non-hydrogen) atoms. The summed E-state index contributed by atoms with van der Waals surface area (Å²) in [6.45, 7) is 1.89. The zero-order chi connectivity index (χ0) is 17.5. The Kier molecular flexibility index (Phi) is 6.87. The molecule has 0 fully saturated rings. The minimum atomic E-state index is -0.174. The molecule has 0 saturated carbocycles. The second kappa shape index (κ2) is 8.89. The Morgan fingerprint density at radius 1 is 1.08 bits per heavy atom. The van der Waals surface area contributed by atoms with Crippen molar-refractivity contribution in [2.75, 3.05) is 12.4 Å². The Morgan fingerprint density at radius 2 is 1.71 bits per heavy atom. The largest absolute Gasteiger partial charge is 0.355 e. The first-order valence-corrected chi connectivity index (χ1v) is 9.33. The zero-order valence-corrected chi connectivity index (χ0v) is 15.9. The van der Waals surface area contributed by atoms with E-state index >= 15 is 0 Å². The number of benzene rings is 2. The second-order valence-corrected chi connectivity index (χ2v) is 7.47. The van der Waals surface area contributed by atoms with Crippen molar-refractivity contribution in [1.82, 2.24) is 5.32 Å². The van der Waals surface area contributed by atoms with Crippen molar-refractivity contribution in [3.63, 3.8) is 0 Å². The van der Waals surface area contributed by atoms with Gasteiger partial charge in [0.15, 0.2) is 0 Å². The summed E-state index contributed by atoms with van der Waals surface area (Å²) < 4.78 is 1.04. The van der Waals surface area contributed by atoms with E-state index in [1.807, 2.05) is 31.2 Å². The minimum Gasteiger partial charge on any atom is -0.355 e. The lowest BCUT2D eigenvalue weighted by molar-refractivity contribution is -0.115. The van der Waals surface area contributed by atoms with Gasteiger partial charge in [-0.2, -0.15) is 0 Å². The number of hydrogen-bond donors (Lipinski definition) is 2. The molecule has 0 spiro atoms. The van der Waals surface area contributed by atoms with Gasteiger partial charge in [-0.25, -0.2) is 0 Å². The quantitative estimate of drug-likeness (QED) is 0.759. The molecule has 0 unspecified atom stereocenters. The van der Waals surface area contributed by atoms with Gasteiger partial charge in [-0.05, 0) is 48.9 Å². The Bertz CT molecular complexity index is 702. The first-order valence-electron chi connectivity index (χ1n) is 7.48. The number of carbonyl (C=O) groups excluding carboxylic acids is 2. The van der Waals surface area contributed by atoms with Gasteiger partial charge in [0.2, 0.25) is 5.91 Å². The standard InChI is InChI=1S/C18H19BrN2O2S/c1-12(24-11-13-3-7-15(19)8-4-13)17(22)21-16-9-5-14(6-10-16)18(23)20-2/h3-10,12H,11H2,1-2H3,(H,20,23)(H,21,22)/t12-/m1/s1. The van der Waals surface area contributed by atoms with Crippen molar-refractivity contribution in [3.8, 4) is 0 Å². The summed E-state index contributed by atoms with van der Waals surface area (Å²) in [7, 11) is 1.59. The normalized spacial score (nSPS) is 11.6. The molecule has 0 aromatic heterocycles. The number of amides is 2. The first-order chi connectivity index (χ1) is 11.5. The second-order valence-electron chi connectivity index (χ2n) is 5.23. The minimum absolute atomic E-state index is 0.0511. The third kappa shape index (κ3) is 5.39. The number of anilines is 1. The summed E-state index contributed by atoms with van der Waals surface area (Å²) in [5.74, 6) is 0.577. The van der Waals surface area contributed by atoms with Crippen LogP contribution in [-0.2, 0) is 10.5 Å². The molecule has 0 aliphatic rings. The molecule has 6 heteroatoms. The van der Waals surface area contributed by atoms with Crippen molar-refractivity contribution in [2.24, 2.45) is 0 Å². The predicted molar refractivity (Wildman–Crippen MR) is 103 cm³/mol. The first kappa shape index (κ1) is 18.5. The van der Waals surface area contributed by atoms with E-state index in [2.05, 4.69) is 26.6 Å². The highest BCUT2D eigenvalue weighted by atomic mass is 79.9. The van der Waals surface area contributed by atoms with Crippen LogP contribution in [0.1, 0.15) is 22.8 Å². The van der Waals surface area contributed by atoms with E-state index < -0.39 is 0 Å². The van der Waals surface area contributed by atoms with Crippen LogP contribution in [0, 0.1) is 0 Å². The van der Waals surface area contributed by atoms with Crippen molar-refractivity contribution in [1.29, 1.82) is 0 Å². The lowest BCUT2D eigenvalue weighted by atomic mass is 10.2. The zero-order valence-electron chi connectivity index (χ0n) is 13.5. The molecule has 2 aromatic carbocycles. The highest BCUT2D eigenvalue weighted by molar-refractivity contribution is 9.10. The smallest absolute Gasteiger partial charge is 0.251 e. The van der Waals surface area contributed by atoms with Crippen molar-refractivity contribution in [3.05, 3.63) is 64.1 Å². The van der Waals surface area contributed by atoms with Gasteiger partial charge in [0, 0.05) is 28.5 Å². The fourth-order valence-electron chi connectivity index (χ4n) is 1.97. The number of carbonyl (C=O) groups is 2. The molecule has 0 bridgehead atoms. The predicted octanol–water partition coefficient (Wildman–Crippen LogP) is 4.07. The summed E-state index contributed by atoms with van der Waals surface area (Å²) in [6.07, 6.45) is 0. The number of rotatable bonds is 6. The molecule has 0 heterocycles. The highest BCUT2D eigenvalue weighted by Gasteiger charge is 2.14. The molecule has 2 aromatic rings. The van der Waals surface area contributed by atoms with E-state index in [1.54, 1.807) is 43.1 Å². The summed E-state index contributed by atoms with van der Waals surface area (Å²) in [4.78, 5) is 23.7. The van der Waals surface area contributed by atoms with Gasteiger partial charge >= 0.3 is 0 Å². The van der Waals surface area contributed by atoms with Crippen LogP contribution in [0.25, 0.3) is 0 Å². The van der Waals surface area contributed by atoms with Gasteiger partial charge in [0.25, 0.3) is 5.91 Å². The molecule has 0 aliphatic heterocycles. The van der Waals surface area contributed by atoms with Crippen LogP contribution in [0.15, 0.2) is 53.0 Å². The summed E-state index contributed by atoms with van der Waals surface area (Å²) >= 11 is 4.99. The molecule has 2 rings (SSSR count). The van der Waals surface area contributed by atoms with Gasteiger partial charge < -0.3 is 10.6 Å². The van der Waals surface area contributed by atoms with Gasteiger partial charge in [0.1, 0.15) is 0 Å². The van der Waals surface area contributed by atoms with Gasteiger partial charge in [-0.15, -0.1) is 11.8 Å². The van der Waals surface area contributed by atoms with Crippen LogP contribution in [0.5, 0.6) is 0 Å². The third-order valence-corrected chi connectivity index (χ3v) is 5.17. The molecule has 4 nitrogen and oxygen atoms in total. The molecule has 0 saturated heterocycles. The number of halogens is 1. The van der Waals surface area contributed by atoms with E-state index in [9.17, 15) is 9.59 Å². The summed E-state index contributed by atoms with van der Waals surface area (Å²) in [6, 6.07) is 14.9. The molecular formula is C18H19BrN2O2S. The topological polar surface area (TPSA) is 58.2 Å². The average Bonchev–Trinajstić information content (AvgIpc) is 2.60. The average molecular weight is 407 g/mol. The number of nitrogens with one attached hydrogen (secondary N) is 2. The fraction of sp³-hybridized carbons (Fsp3) is 0.222. The van der Waals surface area contributed by atoms with Crippen LogP contribution in [0.4, 0.5) is 5.69 Å². The summed E-state index contributed by atoms with van der Waals surface area (Å²) in [5, 5.41) is 5.26. The lowest BCUT2D eigenvalue weighted by Gasteiger charge is -2.12. The Labute approximate surface area is 154 Å². The van der Waals surface area contributed by atoms with Crippen LogP contribution >= 0.6 is 27.7 Å². The van der Waals surface area contributed by atoms with Crippen molar-refractivity contribution < 1.29 is 9.59 Å². The van der Waals surface area contributed by atoms with Gasteiger partial charge in [-0.1, -0.05) is 28.1 Å². The molecule has 0 radical (unpaired) electrons. The Morgan fingerprint density at radius 3 is 2.29 bits per heavy atom. The van der Waals surface area contributed by atoms with E-state index in [1.165, 1.54) is 5.56 Å². The molecule has 2 amide bonds. The van der Waals surface area contributed by atoms with Gasteiger partial charge in [-0.3, -0.25) is 9.59 Å². The Hall–Kier alpha value is -1.79. The number of hydrogen-bond acceptors (Lipinski definition) is 3.